The number of aromatic nitrogens is 2. The SMILES string of the molecule is c1ccc(-c2ccc(-c3c4ccccc4c(-c4ccc(-c5ccc6c7ccc8ccccc8c7n(-c7ccccc7)c6c5)cn4)c4ccccc34)cc2)cc1. The van der Waals surface area contributed by atoms with E-state index in [9.17, 15) is 0 Å². The van der Waals surface area contributed by atoms with Gasteiger partial charge in [0.25, 0.3) is 0 Å². The summed E-state index contributed by atoms with van der Waals surface area (Å²) in [6, 6.07) is 72.3. The van der Waals surface area contributed by atoms with Crippen LogP contribution >= 0.6 is 0 Å². The molecule has 0 saturated heterocycles. The molecule has 256 valence electrons. The zero-order valence-corrected chi connectivity index (χ0v) is 30.0. The van der Waals surface area contributed by atoms with Gasteiger partial charge in [0.15, 0.2) is 0 Å². The molecule has 0 atom stereocenters. The van der Waals surface area contributed by atoms with Crippen LogP contribution in [-0.4, -0.2) is 9.55 Å². The van der Waals surface area contributed by atoms with Crippen molar-refractivity contribution in [3.8, 4) is 50.3 Å². The Balaban J connectivity index is 1.05. The molecule has 0 amide bonds. The largest absolute Gasteiger partial charge is 0.309 e. The maximum Gasteiger partial charge on any atom is 0.0714 e. The summed E-state index contributed by atoms with van der Waals surface area (Å²) in [6.07, 6.45) is 2.04. The van der Waals surface area contributed by atoms with Gasteiger partial charge in [0.1, 0.15) is 0 Å². The van der Waals surface area contributed by atoms with Gasteiger partial charge >= 0.3 is 0 Å². The van der Waals surface area contributed by atoms with Gasteiger partial charge in [-0.1, -0.05) is 176 Å². The molecule has 55 heavy (non-hydrogen) atoms. The molecule has 0 radical (unpaired) electrons. The van der Waals surface area contributed by atoms with E-state index in [-0.39, 0.29) is 0 Å². The minimum atomic E-state index is 0.966. The normalized spacial score (nSPS) is 11.6. The van der Waals surface area contributed by atoms with Gasteiger partial charge in [-0.15, -0.1) is 0 Å². The molecule has 0 saturated carbocycles. The molecule has 2 heteroatoms. The molecule has 2 aromatic heterocycles. The highest BCUT2D eigenvalue weighted by atomic mass is 15.0. The third-order valence-corrected chi connectivity index (χ3v) is 11.2. The Morgan fingerprint density at radius 2 is 0.855 bits per heavy atom. The summed E-state index contributed by atoms with van der Waals surface area (Å²) in [6.45, 7) is 0. The number of hydrogen-bond donors (Lipinski definition) is 0. The fraction of sp³-hybridized carbons (Fsp3) is 0. The number of para-hydroxylation sites is 1. The standard InChI is InChI=1S/C53H34N2/c1-3-13-35(14-4-1)36-23-25-38(26-24-36)51-44-19-9-11-21-46(44)52(47-22-12-10-20-45(47)51)49-32-29-40(34-54-49)39-28-30-43-48-31-27-37-15-7-8-18-42(37)53(48)55(50(43)33-39)41-16-5-2-6-17-41/h1-34H. The van der Waals surface area contributed by atoms with Crippen LogP contribution in [0.2, 0.25) is 0 Å². The third-order valence-electron chi connectivity index (χ3n) is 11.2. The van der Waals surface area contributed by atoms with Gasteiger partial charge in [-0.2, -0.15) is 0 Å². The maximum atomic E-state index is 5.21. The zero-order valence-electron chi connectivity index (χ0n) is 30.0. The number of hydrogen-bond acceptors (Lipinski definition) is 1. The van der Waals surface area contributed by atoms with Crippen molar-refractivity contribution in [3.05, 3.63) is 206 Å². The van der Waals surface area contributed by atoms with E-state index in [1.165, 1.54) is 76.4 Å². The Morgan fingerprint density at radius 3 is 1.53 bits per heavy atom. The van der Waals surface area contributed by atoms with Crippen molar-refractivity contribution in [1.82, 2.24) is 9.55 Å². The lowest BCUT2D eigenvalue weighted by Gasteiger charge is -2.17. The second-order valence-corrected chi connectivity index (χ2v) is 14.3. The van der Waals surface area contributed by atoms with E-state index >= 15 is 0 Å². The first-order valence-electron chi connectivity index (χ1n) is 18.9. The molecule has 0 fully saturated rings. The number of pyridine rings is 1. The van der Waals surface area contributed by atoms with E-state index in [0.29, 0.717) is 0 Å². The van der Waals surface area contributed by atoms with Crippen molar-refractivity contribution in [3.63, 3.8) is 0 Å². The maximum absolute atomic E-state index is 5.21. The molecule has 0 N–H and O–H groups in total. The highest BCUT2D eigenvalue weighted by molar-refractivity contribution is 6.21. The number of fused-ring (bicyclic) bond motifs is 7. The Bertz CT molecular complexity index is 3160. The predicted octanol–water partition coefficient (Wildman–Crippen LogP) is 14.3. The summed E-state index contributed by atoms with van der Waals surface area (Å²) in [5, 5.41) is 9.83. The van der Waals surface area contributed by atoms with Crippen molar-refractivity contribution < 1.29 is 0 Å². The molecule has 0 aliphatic rings. The Morgan fingerprint density at radius 1 is 0.327 bits per heavy atom. The monoisotopic (exact) mass is 698 g/mol. The quantitative estimate of drug-likeness (QED) is 0.164. The Labute approximate surface area is 319 Å². The average Bonchev–Trinajstić information content (AvgIpc) is 3.60. The van der Waals surface area contributed by atoms with Crippen LogP contribution in [0.15, 0.2) is 206 Å². The van der Waals surface area contributed by atoms with Crippen LogP contribution in [0, 0.1) is 0 Å². The summed E-state index contributed by atoms with van der Waals surface area (Å²) in [4.78, 5) is 5.21. The van der Waals surface area contributed by atoms with Gasteiger partial charge < -0.3 is 4.57 Å². The Kier molecular flexibility index (Phi) is 7.21. The minimum absolute atomic E-state index is 0.966. The molecule has 11 aromatic rings. The number of benzene rings is 9. The van der Waals surface area contributed by atoms with E-state index in [1.807, 2.05) is 6.20 Å². The summed E-state index contributed by atoms with van der Waals surface area (Å²) in [5.41, 5.74) is 12.8. The molecular weight excluding hydrogens is 665 g/mol. The van der Waals surface area contributed by atoms with Crippen LogP contribution in [0.1, 0.15) is 0 Å². The summed E-state index contributed by atoms with van der Waals surface area (Å²) >= 11 is 0. The van der Waals surface area contributed by atoms with Crippen molar-refractivity contribution in [2.24, 2.45) is 0 Å². The van der Waals surface area contributed by atoms with Crippen molar-refractivity contribution in [1.29, 1.82) is 0 Å². The molecule has 9 aromatic carbocycles. The molecule has 11 rings (SSSR count). The van der Waals surface area contributed by atoms with Gasteiger partial charge in [0.2, 0.25) is 0 Å². The summed E-state index contributed by atoms with van der Waals surface area (Å²) < 4.78 is 2.42. The molecule has 0 bridgehead atoms. The Hall–Kier alpha value is -7.29. The molecule has 2 heterocycles. The topological polar surface area (TPSA) is 17.8 Å². The van der Waals surface area contributed by atoms with Gasteiger partial charge in [0, 0.05) is 39.2 Å². The lowest BCUT2D eigenvalue weighted by molar-refractivity contribution is 1.19. The third kappa shape index (κ3) is 5.07. The first-order chi connectivity index (χ1) is 27.3. The van der Waals surface area contributed by atoms with Crippen LogP contribution in [0.4, 0.5) is 0 Å². The van der Waals surface area contributed by atoms with Crippen LogP contribution < -0.4 is 0 Å². The van der Waals surface area contributed by atoms with Gasteiger partial charge in [-0.3, -0.25) is 4.98 Å². The number of nitrogens with zero attached hydrogens (tertiary/aromatic N) is 2. The van der Waals surface area contributed by atoms with Gasteiger partial charge in [-0.05, 0) is 79.0 Å². The van der Waals surface area contributed by atoms with E-state index in [0.717, 1.165) is 28.1 Å². The minimum Gasteiger partial charge on any atom is -0.309 e. The average molecular weight is 699 g/mol. The highest BCUT2D eigenvalue weighted by Gasteiger charge is 2.19. The van der Waals surface area contributed by atoms with Crippen LogP contribution in [0.3, 0.4) is 0 Å². The lowest BCUT2D eigenvalue weighted by Crippen LogP contribution is -1.94. The van der Waals surface area contributed by atoms with Gasteiger partial charge in [-0.25, -0.2) is 0 Å². The fourth-order valence-corrected chi connectivity index (χ4v) is 8.69. The van der Waals surface area contributed by atoms with Gasteiger partial charge in [0.05, 0.1) is 16.7 Å². The van der Waals surface area contributed by atoms with Crippen LogP contribution in [-0.2, 0) is 0 Å². The van der Waals surface area contributed by atoms with Crippen molar-refractivity contribution in [2.75, 3.05) is 0 Å². The molecule has 0 spiro atoms. The van der Waals surface area contributed by atoms with E-state index in [1.54, 1.807) is 0 Å². The predicted molar refractivity (Wildman–Crippen MR) is 233 cm³/mol. The molecule has 0 unspecified atom stereocenters. The van der Waals surface area contributed by atoms with Crippen molar-refractivity contribution in [2.45, 2.75) is 0 Å². The summed E-state index contributed by atoms with van der Waals surface area (Å²) in [5.74, 6) is 0. The first kappa shape index (κ1) is 31.3. The van der Waals surface area contributed by atoms with E-state index in [4.69, 9.17) is 4.98 Å². The molecular formula is C53H34N2. The second-order valence-electron chi connectivity index (χ2n) is 14.3. The fourth-order valence-electron chi connectivity index (χ4n) is 8.69. The molecule has 2 nitrogen and oxygen atoms in total. The smallest absolute Gasteiger partial charge is 0.0714 e. The lowest BCUT2D eigenvalue weighted by atomic mass is 9.87. The van der Waals surface area contributed by atoms with E-state index in [2.05, 4.69) is 205 Å². The second kappa shape index (κ2) is 12.7. The summed E-state index contributed by atoms with van der Waals surface area (Å²) in [7, 11) is 0. The molecule has 0 aliphatic heterocycles. The number of rotatable bonds is 5. The van der Waals surface area contributed by atoms with E-state index < -0.39 is 0 Å². The highest BCUT2D eigenvalue weighted by Crippen LogP contribution is 2.44. The van der Waals surface area contributed by atoms with Crippen LogP contribution in [0.5, 0.6) is 0 Å². The first-order valence-corrected chi connectivity index (χ1v) is 18.9. The van der Waals surface area contributed by atoms with Crippen LogP contribution in [0.25, 0.3) is 104 Å². The molecule has 0 aliphatic carbocycles. The van der Waals surface area contributed by atoms with Crippen molar-refractivity contribution >= 4 is 54.1 Å². The zero-order chi connectivity index (χ0) is 36.3.